The monoisotopic (exact) mass is 213 g/mol. The first-order valence-electron chi connectivity index (χ1n) is 5.99. The molecule has 0 aromatic rings. The first-order valence-corrected chi connectivity index (χ1v) is 5.99. The quantitative estimate of drug-likeness (QED) is 0.654. The summed E-state index contributed by atoms with van der Waals surface area (Å²) in [5.74, 6) is 0.624. The van der Waals surface area contributed by atoms with Gasteiger partial charge in [0.1, 0.15) is 0 Å². The van der Waals surface area contributed by atoms with Crippen molar-refractivity contribution < 1.29 is 4.79 Å². The van der Waals surface area contributed by atoms with Crippen molar-refractivity contribution >= 4 is 6.03 Å². The van der Waals surface area contributed by atoms with Crippen molar-refractivity contribution in [3.63, 3.8) is 0 Å². The van der Waals surface area contributed by atoms with Gasteiger partial charge < -0.3 is 16.0 Å². The highest BCUT2D eigenvalue weighted by atomic mass is 16.2. The van der Waals surface area contributed by atoms with Crippen molar-refractivity contribution in [1.29, 1.82) is 0 Å². The van der Waals surface area contributed by atoms with Crippen molar-refractivity contribution in [3.8, 4) is 0 Å². The van der Waals surface area contributed by atoms with E-state index in [4.69, 9.17) is 0 Å². The second kappa shape index (κ2) is 6.67. The van der Waals surface area contributed by atoms with Gasteiger partial charge in [-0.05, 0) is 45.2 Å². The second-order valence-corrected chi connectivity index (χ2v) is 4.28. The smallest absolute Gasteiger partial charge is 0.315 e. The van der Waals surface area contributed by atoms with E-state index >= 15 is 0 Å². The van der Waals surface area contributed by atoms with Crippen LogP contribution in [0.2, 0.25) is 0 Å². The molecule has 0 radical (unpaired) electrons. The van der Waals surface area contributed by atoms with Crippen LogP contribution in [0.1, 0.15) is 33.1 Å². The minimum absolute atomic E-state index is 0.0251. The fourth-order valence-corrected chi connectivity index (χ4v) is 1.96. The van der Waals surface area contributed by atoms with Crippen LogP contribution >= 0.6 is 0 Å². The molecule has 0 bridgehead atoms. The standard InChI is InChI=1S/C11H23N3O/c1-3-6-13-11(15)14-9(2)10-4-7-12-8-5-10/h9-10,12H,3-8H2,1-2H3,(H2,13,14,15). The SMILES string of the molecule is CCCNC(=O)NC(C)C1CCNCC1. The van der Waals surface area contributed by atoms with E-state index in [1.54, 1.807) is 0 Å². The topological polar surface area (TPSA) is 53.2 Å². The minimum atomic E-state index is -0.0251. The number of rotatable bonds is 4. The molecule has 88 valence electrons. The van der Waals surface area contributed by atoms with Crippen LogP contribution in [-0.4, -0.2) is 31.7 Å². The van der Waals surface area contributed by atoms with Gasteiger partial charge in [0.05, 0.1) is 0 Å². The van der Waals surface area contributed by atoms with Gasteiger partial charge in [0, 0.05) is 12.6 Å². The Kier molecular flexibility index (Phi) is 5.47. The molecular weight excluding hydrogens is 190 g/mol. The number of hydrogen-bond donors (Lipinski definition) is 3. The highest BCUT2D eigenvalue weighted by molar-refractivity contribution is 5.74. The molecule has 1 heterocycles. The van der Waals surface area contributed by atoms with Crippen LogP contribution in [0.5, 0.6) is 0 Å². The Morgan fingerprint density at radius 1 is 1.47 bits per heavy atom. The number of nitrogens with one attached hydrogen (secondary N) is 3. The Hall–Kier alpha value is -0.770. The number of amides is 2. The van der Waals surface area contributed by atoms with Crippen LogP contribution in [0.4, 0.5) is 4.79 Å². The Balaban J connectivity index is 2.21. The van der Waals surface area contributed by atoms with Crippen molar-refractivity contribution in [3.05, 3.63) is 0 Å². The molecule has 0 aromatic heterocycles. The third-order valence-corrected chi connectivity index (χ3v) is 2.99. The van der Waals surface area contributed by atoms with E-state index in [1.807, 2.05) is 0 Å². The Labute approximate surface area is 92.2 Å². The average Bonchev–Trinajstić information content (AvgIpc) is 2.27. The summed E-state index contributed by atoms with van der Waals surface area (Å²) in [6.45, 7) is 7.06. The third-order valence-electron chi connectivity index (χ3n) is 2.99. The molecule has 2 amide bonds. The molecule has 1 unspecified atom stereocenters. The summed E-state index contributed by atoms with van der Waals surface area (Å²) < 4.78 is 0. The molecule has 1 atom stereocenters. The van der Waals surface area contributed by atoms with E-state index in [9.17, 15) is 4.79 Å². The van der Waals surface area contributed by atoms with Crippen molar-refractivity contribution in [2.75, 3.05) is 19.6 Å². The van der Waals surface area contributed by atoms with Crippen molar-refractivity contribution in [2.45, 2.75) is 39.2 Å². The first-order chi connectivity index (χ1) is 7.24. The van der Waals surface area contributed by atoms with Crippen LogP contribution in [0.3, 0.4) is 0 Å². The maximum Gasteiger partial charge on any atom is 0.315 e. The lowest BCUT2D eigenvalue weighted by molar-refractivity contribution is 0.226. The van der Waals surface area contributed by atoms with Crippen molar-refractivity contribution in [2.24, 2.45) is 5.92 Å². The van der Waals surface area contributed by atoms with E-state index in [0.717, 1.165) is 38.9 Å². The summed E-state index contributed by atoms with van der Waals surface area (Å²) in [6, 6.07) is 0.256. The molecule has 0 aromatic carbocycles. The van der Waals surface area contributed by atoms with E-state index < -0.39 is 0 Å². The van der Waals surface area contributed by atoms with Gasteiger partial charge in [-0.3, -0.25) is 0 Å². The van der Waals surface area contributed by atoms with Gasteiger partial charge in [-0.25, -0.2) is 4.79 Å². The summed E-state index contributed by atoms with van der Waals surface area (Å²) >= 11 is 0. The number of carbonyl (C=O) groups is 1. The lowest BCUT2D eigenvalue weighted by Gasteiger charge is -2.28. The number of hydrogen-bond acceptors (Lipinski definition) is 2. The van der Waals surface area contributed by atoms with Crippen LogP contribution in [-0.2, 0) is 0 Å². The lowest BCUT2D eigenvalue weighted by atomic mass is 9.91. The second-order valence-electron chi connectivity index (χ2n) is 4.28. The molecular formula is C11H23N3O. The molecule has 0 aliphatic carbocycles. The summed E-state index contributed by atoms with van der Waals surface area (Å²) in [4.78, 5) is 11.4. The highest BCUT2D eigenvalue weighted by Crippen LogP contribution is 2.15. The Morgan fingerprint density at radius 3 is 2.73 bits per heavy atom. The zero-order chi connectivity index (χ0) is 11.1. The summed E-state index contributed by atoms with van der Waals surface area (Å²) in [5, 5.41) is 9.17. The van der Waals surface area contributed by atoms with Gasteiger partial charge in [0.15, 0.2) is 0 Å². The summed E-state index contributed by atoms with van der Waals surface area (Å²) in [6.07, 6.45) is 3.31. The maximum absolute atomic E-state index is 11.4. The molecule has 1 rings (SSSR count). The molecule has 1 aliphatic heterocycles. The Morgan fingerprint density at radius 2 is 2.13 bits per heavy atom. The number of piperidine rings is 1. The zero-order valence-electron chi connectivity index (χ0n) is 9.81. The summed E-state index contributed by atoms with van der Waals surface area (Å²) in [5.41, 5.74) is 0. The molecule has 4 nitrogen and oxygen atoms in total. The fraction of sp³-hybridized carbons (Fsp3) is 0.909. The largest absolute Gasteiger partial charge is 0.338 e. The first kappa shape index (κ1) is 12.3. The summed E-state index contributed by atoms with van der Waals surface area (Å²) in [7, 11) is 0. The predicted octanol–water partition coefficient (Wildman–Crippen LogP) is 1.08. The normalized spacial score (nSPS) is 19.6. The van der Waals surface area contributed by atoms with E-state index in [2.05, 4.69) is 29.8 Å². The molecule has 3 N–H and O–H groups in total. The zero-order valence-corrected chi connectivity index (χ0v) is 9.81. The van der Waals surface area contributed by atoms with Crippen LogP contribution in [0.25, 0.3) is 0 Å². The maximum atomic E-state index is 11.4. The molecule has 0 spiro atoms. The van der Waals surface area contributed by atoms with Gasteiger partial charge in [-0.1, -0.05) is 6.92 Å². The highest BCUT2D eigenvalue weighted by Gasteiger charge is 2.20. The van der Waals surface area contributed by atoms with Crippen LogP contribution < -0.4 is 16.0 Å². The average molecular weight is 213 g/mol. The third kappa shape index (κ3) is 4.51. The van der Waals surface area contributed by atoms with Gasteiger partial charge >= 0.3 is 6.03 Å². The van der Waals surface area contributed by atoms with Crippen LogP contribution in [0, 0.1) is 5.92 Å². The van der Waals surface area contributed by atoms with E-state index in [1.165, 1.54) is 0 Å². The van der Waals surface area contributed by atoms with Crippen molar-refractivity contribution in [1.82, 2.24) is 16.0 Å². The molecule has 15 heavy (non-hydrogen) atoms. The van der Waals surface area contributed by atoms with Gasteiger partial charge in [-0.2, -0.15) is 0 Å². The molecule has 0 saturated carbocycles. The molecule has 1 saturated heterocycles. The van der Waals surface area contributed by atoms with E-state index in [0.29, 0.717) is 5.92 Å². The molecule has 1 aliphatic rings. The van der Waals surface area contributed by atoms with Gasteiger partial charge in [0.2, 0.25) is 0 Å². The Bertz CT molecular complexity index is 190. The fourth-order valence-electron chi connectivity index (χ4n) is 1.96. The number of carbonyl (C=O) groups excluding carboxylic acids is 1. The molecule has 1 fully saturated rings. The number of urea groups is 1. The van der Waals surface area contributed by atoms with Crippen LogP contribution in [0.15, 0.2) is 0 Å². The molecule has 4 heteroatoms. The predicted molar refractivity (Wildman–Crippen MR) is 61.9 cm³/mol. The van der Waals surface area contributed by atoms with E-state index in [-0.39, 0.29) is 12.1 Å². The van der Waals surface area contributed by atoms with Gasteiger partial charge in [-0.15, -0.1) is 0 Å². The lowest BCUT2D eigenvalue weighted by Crippen LogP contribution is -2.46. The van der Waals surface area contributed by atoms with Gasteiger partial charge in [0.25, 0.3) is 0 Å². The minimum Gasteiger partial charge on any atom is -0.338 e.